The molecule has 0 saturated heterocycles. The van der Waals surface area contributed by atoms with E-state index < -0.39 is 34.9 Å². The maximum atomic E-state index is 13.3. The Morgan fingerprint density at radius 3 is 2.19 bits per heavy atom. The molecule has 2 aromatic rings. The molecule has 31 heavy (non-hydrogen) atoms. The van der Waals surface area contributed by atoms with Gasteiger partial charge < -0.3 is 14.8 Å². The van der Waals surface area contributed by atoms with Crippen molar-refractivity contribution in [3.63, 3.8) is 0 Å². The highest BCUT2D eigenvalue weighted by Crippen LogP contribution is 2.31. The number of benzene rings is 1. The van der Waals surface area contributed by atoms with Crippen LogP contribution in [-0.4, -0.2) is 45.6 Å². The molecule has 1 aromatic heterocycles. The SMILES string of the molecule is COC(=O)C1=C(NC(C)(C)C)n2c(=O)n(-c3ccc(Cl)c(Cl)c3)c(=O)n2C1C(=O)OC. The summed E-state index contributed by atoms with van der Waals surface area (Å²) in [5.74, 6) is -1.87. The molecule has 0 spiro atoms. The van der Waals surface area contributed by atoms with Gasteiger partial charge in [0.1, 0.15) is 11.4 Å². The Kier molecular flexibility index (Phi) is 5.81. The minimum Gasteiger partial charge on any atom is -0.467 e. The van der Waals surface area contributed by atoms with Crippen molar-refractivity contribution in [2.45, 2.75) is 32.4 Å². The molecule has 1 aromatic carbocycles. The van der Waals surface area contributed by atoms with Gasteiger partial charge in [-0.1, -0.05) is 23.2 Å². The molecule has 166 valence electrons. The van der Waals surface area contributed by atoms with Crippen LogP contribution >= 0.6 is 23.2 Å². The van der Waals surface area contributed by atoms with Gasteiger partial charge in [0, 0.05) is 5.54 Å². The summed E-state index contributed by atoms with van der Waals surface area (Å²) in [7, 11) is 2.23. The van der Waals surface area contributed by atoms with Gasteiger partial charge in [-0.05, 0) is 39.0 Å². The van der Waals surface area contributed by atoms with E-state index in [2.05, 4.69) is 5.32 Å². The van der Waals surface area contributed by atoms with Gasteiger partial charge >= 0.3 is 23.3 Å². The van der Waals surface area contributed by atoms with E-state index in [4.69, 9.17) is 32.7 Å². The molecule has 0 fully saturated rings. The lowest BCUT2D eigenvalue weighted by molar-refractivity contribution is -0.146. The number of aromatic nitrogens is 3. The maximum Gasteiger partial charge on any atom is 0.358 e. The zero-order valence-corrected chi connectivity index (χ0v) is 18.9. The molecule has 1 N–H and O–H groups in total. The molecule has 1 aliphatic rings. The highest BCUT2D eigenvalue weighted by Gasteiger charge is 2.46. The Balaban J connectivity index is 2.41. The van der Waals surface area contributed by atoms with Crippen LogP contribution in [0.3, 0.4) is 0 Å². The van der Waals surface area contributed by atoms with E-state index in [9.17, 15) is 19.2 Å². The zero-order chi connectivity index (χ0) is 23.2. The van der Waals surface area contributed by atoms with Crippen LogP contribution in [0.1, 0.15) is 26.8 Å². The summed E-state index contributed by atoms with van der Waals surface area (Å²) in [5, 5.41) is 3.38. The molecule has 10 nitrogen and oxygen atoms in total. The number of carbonyl (C=O) groups is 2. The number of halogens is 2. The number of ether oxygens (including phenoxy) is 2. The minimum absolute atomic E-state index is 0.0596. The van der Waals surface area contributed by atoms with Gasteiger partial charge in [-0.3, -0.25) is 0 Å². The van der Waals surface area contributed by atoms with Crippen molar-refractivity contribution >= 4 is 41.0 Å². The van der Waals surface area contributed by atoms with Crippen molar-refractivity contribution < 1.29 is 19.1 Å². The van der Waals surface area contributed by atoms with Crippen LogP contribution in [0.2, 0.25) is 10.0 Å². The summed E-state index contributed by atoms with van der Waals surface area (Å²) in [4.78, 5) is 51.8. The number of carbonyl (C=O) groups excluding carboxylic acids is 2. The largest absolute Gasteiger partial charge is 0.467 e. The van der Waals surface area contributed by atoms with Crippen molar-refractivity contribution in [1.82, 2.24) is 19.2 Å². The first-order chi connectivity index (χ1) is 14.4. The van der Waals surface area contributed by atoms with E-state index in [-0.39, 0.29) is 27.1 Å². The lowest BCUT2D eigenvalue weighted by Gasteiger charge is -2.23. The predicted octanol–water partition coefficient (Wildman–Crippen LogP) is 1.56. The molecule has 1 atom stereocenters. The zero-order valence-electron chi connectivity index (χ0n) is 17.4. The first-order valence-corrected chi connectivity index (χ1v) is 9.79. The number of rotatable bonds is 4. The molecule has 3 rings (SSSR count). The second-order valence-electron chi connectivity index (χ2n) is 7.71. The smallest absolute Gasteiger partial charge is 0.358 e. The fourth-order valence-electron chi connectivity index (χ4n) is 3.22. The summed E-state index contributed by atoms with van der Waals surface area (Å²) >= 11 is 12.0. The molecule has 2 heterocycles. The minimum atomic E-state index is -1.54. The van der Waals surface area contributed by atoms with E-state index in [1.54, 1.807) is 20.8 Å². The van der Waals surface area contributed by atoms with Crippen LogP contribution in [-0.2, 0) is 19.1 Å². The molecule has 0 amide bonds. The number of esters is 2. The number of fused-ring (bicyclic) bond motifs is 1. The van der Waals surface area contributed by atoms with Crippen LogP contribution in [0, 0.1) is 0 Å². The summed E-state index contributed by atoms with van der Waals surface area (Å²) in [6.07, 6.45) is 0. The second-order valence-corrected chi connectivity index (χ2v) is 8.52. The van der Waals surface area contributed by atoms with Gasteiger partial charge in [-0.15, -0.1) is 0 Å². The first-order valence-electron chi connectivity index (χ1n) is 9.03. The average Bonchev–Trinajstić information content (AvgIpc) is 3.15. The second kappa shape index (κ2) is 7.93. The lowest BCUT2D eigenvalue weighted by Crippen LogP contribution is -2.40. The highest BCUT2D eigenvalue weighted by atomic mass is 35.5. The van der Waals surface area contributed by atoms with Crippen molar-refractivity contribution in [2.24, 2.45) is 0 Å². The van der Waals surface area contributed by atoms with Crippen molar-refractivity contribution in [3.8, 4) is 5.69 Å². The molecule has 0 aliphatic carbocycles. The van der Waals surface area contributed by atoms with Crippen molar-refractivity contribution in [2.75, 3.05) is 14.2 Å². The predicted molar refractivity (Wildman–Crippen MR) is 113 cm³/mol. The Labute approximate surface area is 186 Å². The molecular formula is C19H20Cl2N4O6. The number of hydrogen-bond donors (Lipinski definition) is 1. The number of hydrogen-bond acceptors (Lipinski definition) is 7. The molecule has 0 saturated carbocycles. The monoisotopic (exact) mass is 470 g/mol. The van der Waals surface area contributed by atoms with Crippen LogP contribution in [0.25, 0.3) is 11.5 Å². The summed E-state index contributed by atoms with van der Waals surface area (Å²) in [5.41, 5.74) is -2.45. The van der Waals surface area contributed by atoms with Crippen LogP contribution in [0.15, 0.2) is 33.4 Å². The molecule has 1 aliphatic heterocycles. The Morgan fingerprint density at radius 1 is 1.03 bits per heavy atom. The quantitative estimate of drug-likeness (QED) is 0.674. The van der Waals surface area contributed by atoms with E-state index in [0.717, 1.165) is 28.2 Å². The number of nitrogens with one attached hydrogen (secondary N) is 1. The van der Waals surface area contributed by atoms with E-state index in [0.29, 0.717) is 0 Å². The Bertz CT molecular complexity index is 1230. The van der Waals surface area contributed by atoms with E-state index in [1.165, 1.54) is 18.2 Å². The molecule has 12 heteroatoms. The standard InChI is InChI=1S/C19H20Cl2N4O6/c1-19(2,3)22-14-12(15(26)30-4)13(16(27)31-5)24-17(28)23(18(29)25(14)24)9-6-7-10(20)11(21)8-9/h6-8,13,22H,1-5H3. The van der Waals surface area contributed by atoms with Crippen LogP contribution in [0.5, 0.6) is 0 Å². The van der Waals surface area contributed by atoms with Crippen LogP contribution < -0.4 is 16.7 Å². The third kappa shape index (κ3) is 3.77. The van der Waals surface area contributed by atoms with Crippen molar-refractivity contribution in [1.29, 1.82) is 0 Å². The Hall–Kier alpha value is -2.98. The molecular weight excluding hydrogens is 451 g/mol. The van der Waals surface area contributed by atoms with Gasteiger partial charge in [0.2, 0.25) is 0 Å². The van der Waals surface area contributed by atoms with Gasteiger partial charge in [0.05, 0.1) is 30.0 Å². The normalized spacial score (nSPS) is 15.6. The molecule has 0 radical (unpaired) electrons. The van der Waals surface area contributed by atoms with Gasteiger partial charge in [-0.25, -0.2) is 28.4 Å². The van der Waals surface area contributed by atoms with E-state index >= 15 is 0 Å². The molecule has 0 bridgehead atoms. The van der Waals surface area contributed by atoms with Gasteiger partial charge in [-0.2, -0.15) is 4.68 Å². The topological polar surface area (TPSA) is 114 Å². The Morgan fingerprint density at radius 2 is 1.68 bits per heavy atom. The van der Waals surface area contributed by atoms with E-state index in [1.807, 2.05) is 0 Å². The first kappa shape index (κ1) is 22.7. The maximum absolute atomic E-state index is 13.3. The third-order valence-corrected chi connectivity index (χ3v) is 5.18. The van der Waals surface area contributed by atoms with Gasteiger partial charge in [0.15, 0.2) is 6.04 Å². The van der Waals surface area contributed by atoms with Crippen LogP contribution in [0.4, 0.5) is 0 Å². The average molecular weight is 471 g/mol. The highest BCUT2D eigenvalue weighted by molar-refractivity contribution is 6.42. The summed E-state index contributed by atoms with van der Waals surface area (Å²) in [6.45, 7) is 5.34. The fraction of sp³-hybridized carbons (Fsp3) is 0.368. The number of nitrogens with zero attached hydrogens (tertiary/aromatic N) is 3. The number of methoxy groups -OCH3 is 2. The lowest BCUT2D eigenvalue weighted by atomic mass is 10.1. The summed E-state index contributed by atoms with van der Waals surface area (Å²) < 4.78 is 12.2. The summed E-state index contributed by atoms with van der Waals surface area (Å²) in [6, 6.07) is 2.67. The molecule has 1 unspecified atom stereocenters. The van der Waals surface area contributed by atoms with Gasteiger partial charge in [0.25, 0.3) is 0 Å². The third-order valence-electron chi connectivity index (χ3n) is 4.44. The fourth-order valence-corrected chi connectivity index (χ4v) is 3.51. The van der Waals surface area contributed by atoms with Crippen molar-refractivity contribution in [3.05, 3.63) is 54.8 Å².